The molecule has 1 aliphatic rings. The molecule has 0 bridgehead atoms. The van der Waals surface area contributed by atoms with Crippen molar-refractivity contribution in [3.05, 3.63) is 263 Å². The topological polar surface area (TPSA) is 18.1 Å². The second-order valence-corrected chi connectivity index (χ2v) is 18.9. The summed E-state index contributed by atoms with van der Waals surface area (Å²) in [6, 6.07) is 81.9. The predicted octanol–water partition coefficient (Wildman–Crippen LogP) is 16.9. The molecule has 2 atom stereocenters. The fraction of sp³-hybridized carbons (Fsp3) is 0.108. The molecule has 13 rings (SSSR count). The van der Waals surface area contributed by atoms with E-state index < -0.39 is 5.41 Å². The van der Waals surface area contributed by atoms with E-state index >= 15 is 0 Å². The van der Waals surface area contributed by atoms with Crippen molar-refractivity contribution in [2.75, 3.05) is 0 Å². The van der Waals surface area contributed by atoms with Gasteiger partial charge in [-0.2, -0.15) is 0 Å². The van der Waals surface area contributed by atoms with E-state index in [1.54, 1.807) is 0 Å². The maximum atomic E-state index is 6.52. The number of aromatic nitrogens is 1. The van der Waals surface area contributed by atoms with Gasteiger partial charge in [-0.15, -0.1) is 0 Å². The zero-order chi connectivity index (χ0) is 44.8. The summed E-state index contributed by atoms with van der Waals surface area (Å²) in [5.41, 5.74) is 19.3. The number of benzene rings is 10. The van der Waals surface area contributed by atoms with Gasteiger partial charge in [-0.25, -0.2) is 0 Å². The maximum absolute atomic E-state index is 6.52. The highest BCUT2D eigenvalue weighted by Gasteiger charge is 2.47. The Morgan fingerprint density at radius 2 is 1.12 bits per heavy atom. The van der Waals surface area contributed by atoms with Gasteiger partial charge in [0.15, 0.2) is 0 Å². The van der Waals surface area contributed by atoms with Gasteiger partial charge >= 0.3 is 0 Å². The van der Waals surface area contributed by atoms with Crippen LogP contribution in [-0.4, -0.2) is 4.57 Å². The van der Waals surface area contributed by atoms with Crippen molar-refractivity contribution >= 4 is 54.5 Å². The van der Waals surface area contributed by atoms with Gasteiger partial charge in [0.25, 0.3) is 0 Å². The zero-order valence-electron chi connectivity index (χ0n) is 38.0. The predicted molar refractivity (Wildman–Crippen MR) is 280 cm³/mol. The lowest BCUT2D eigenvalue weighted by Crippen LogP contribution is -2.29. The van der Waals surface area contributed by atoms with Crippen LogP contribution in [0.15, 0.2) is 223 Å². The van der Waals surface area contributed by atoms with Gasteiger partial charge in [-0.3, -0.25) is 0 Å². The average Bonchev–Trinajstić information content (AvgIpc) is 4.01. The minimum atomic E-state index is -0.599. The molecule has 2 nitrogen and oxygen atoms in total. The van der Waals surface area contributed by atoms with E-state index in [9.17, 15) is 0 Å². The second-order valence-electron chi connectivity index (χ2n) is 18.9. The lowest BCUT2D eigenvalue weighted by molar-refractivity contribution is 0.574. The van der Waals surface area contributed by atoms with Crippen LogP contribution in [0.3, 0.4) is 0 Å². The SMILES string of the molecule is Cc1ccc2c(c1)c1cc(-c3cc4c(c5ccccc35)-c3ccc(C(C)C(Cc5ccccc5)c5cccc6oc7ccccc7c56)cc3C4(c3ccccc3)c3ccccc3)ccc1n2C. The van der Waals surface area contributed by atoms with Crippen molar-refractivity contribution in [1.82, 2.24) is 4.57 Å². The van der Waals surface area contributed by atoms with Gasteiger partial charge in [-0.1, -0.05) is 188 Å². The van der Waals surface area contributed by atoms with Crippen molar-refractivity contribution in [2.24, 2.45) is 7.05 Å². The minimum absolute atomic E-state index is 0.154. The molecular formula is C65H49NO. The van der Waals surface area contributed by atoms with Crippen LogP contribution in [0.1, 0.15) is 63.3 Å². The molecule has 0 N–H and O–H groups in total. The molecule has 1 aliphatic carbocycles. The monoisotopic (exact) mass is 859 g/mol. The molecule has 2 heterocycles. The highest BCUT2D eigenvalue weighted by Crippen LogP contribution is 2.60. The third kappa shape index (κ3) is 5.95. The molecule has 0 fully saturated rings. The van der Waals surface area contributed by atoms with Crippen molar-refractivity contribution < 1.29 is 4.42 Å². The number of para-hydroxylation sites is 1. The van der Waals surface area contributed by atoms with Crippen LogP contribution < -0.4 is 0 Å². The number of hydrogen-bond donors (Lipinski definition) is 0. The van der Waals surface area contributed by atoms with Gasteiger partial charge in [0.05, 0.1) is 5.41 Å². The molecule has 0 spiro atoms. The number of rotatable bonds is 8. The quantitative estimate of drug-likeness (QED) is 0.149. The van der Waals surface area contributed by atoms with E-state index in [1.165, 1.54) is 110 Å². The summed E-state index contributed by atoms with van der Waals surface area (Å²) in [5, 5.41) is 7.52. The Morgan fingerprint density at radius 3 is 1.87 bits per heavy atom. The van der Waals surface area contributed by atoms with Crippen LogP contribution in [-0.2, 0) is 18.9 Å². The normalized spacial score (nSPS) is 14.0. The number of aryl methyl sites for hydroxylation is 2. The largest absolute Gasteiger partial charge is 0.456 e. The fourth-order valence-corrected chi connectivity index (χ4v) is 12.2. The molecule has 0 saturated heterocycles. The molecule has 0 amide bonds. The summed E-state index contributed by atoms with van der Waals surface area (Å²) >= 11 is 0. The Bertz CT molecular complexity index is 3830. The molecule has 0 saturated carbocycles. The standard InChI is InChI=1S/C65H49NO/c1-41-30-34-59-55(36-41)56-38-45(32-35-60(56)66(59)3)54-40-58-63(49-25-14-13-24-48(49)54)51-33-31-44(39-57(51)65(58,46-20-9-5-10-21-46)47-22-11-6-12-23-47)42(2)53(37-43-18-7-4-8-19-43)50-27-17-29-62-64(50)52-26-15-16-28-61(52)67-62/h4-36,38-40,42,53H,37H2,1-3H3. The van der Waals surface area contributed by atoms with Gasteiger partial charge in [0, 0.05) is 39.6 Å². The fourth-order valence-electron chi connectivity index (χ4n) is 12.2. The zero-order valence-corrected chi connectivity index (χ0v) is 38.0. The average molecular weight is 860 g/mol. The molecule has 10 aromatic carbocycles. The van der Waals surface area contributed by atoms with Crippen LogP contribution in [0.25, 0.3) is 76.8 Å². The molecule has 2 heteroatoms. The lowest BCUT2D eigenvalue weighted by Gasteiger charge is -2.35. The van der Waals surface area contributed by atoms with Gasteiger partial charge in [-0.05, 0) is 140 Å². The molecule has 320 valence electrons. The van der Waals surface area contributed by atoms with E-state index in [0.29, 0.717) is 0 Å². The number of hydrogen-bond acceptors (Lipinski definition) is 1. The molecule has 2 unspecified atom stereocenters. The number of fused-ring (bicyclic) bond motifs is 11. The Labute approximate surface area is 391 Å². The van der Waals surface area contributed by atoms with Crippen LogP contribution in [0.4, 0.5) is 0 Å². The van der Waals surface area contributed by atoms with Crippen LogP contribution in [0.5, 0.6) is 0 Å². The van der Waals surface area contributed by atoms with E-state index in [2.05, 4.69) is 244 Å². The molecule has 2 aromatic heterocycles. The molecule has 12 aromatic rings. The third-order valence-electron chi connectivity index (χ3n) is 15.3. The minimum Gasteiger partial charge on any atom is -0.456 e. The summed E-state index contributed by atoms with van der Waals surface area (Å²) in [7, 11) is 2.19. The summed E-state index contributed by atoms with van der Waals surface area (Å²) in [6.45, 7) is 4.64. The highest BCUT2D eigenvalue weighted by molar-refractivity contribution is 6.13. The maximum Gasteiger partial charge on any atom is 0.135 e. The van der Waals surface area contributed by atoms with Crippen LogP contribution in [0, 0.1) is 6.92 Å². The van der Waals surface area contributed by atoms with Crippen molar-refractivity contribution in [1.29, 1.82) is 0 Å². The van der Waals surface area contributed by atoms with Gasteiger partial charge in [0.2, 0.25) is 0 Å². The summed E-state index contributed by atoms with van der Waals surface area (Å²) in [4.78, 5) is 0. The van der Waals surface area contributed by atoms with Gasteiger partial charge in [0.1, 0.15) is 11.2 Å². The van der Waals surface area contributed by atoms with E-state index in [1.807, 2.05) is 0 Å². The van der Waals surface area contributed by atoms with Crippen molar-refractivity contribution in [3.63, 3.8) is 0 Å². The lowest BCUT2D eigenvalue weighted by atomic mass is 9.66. The van der Waals surface area contributed by atoms with Gasteiger partial charge < -0.3 is 8.98 Å². The number of furan rings is 1. The van der Waals surface area contributed by atoms with Crippen LogP contribution in [0.2, 0.25) is 0 Å². The van der Waals surface area contributed by atoms with Crippen LogP contribution >= 0.6 is 0 Å². The van der Waals surface area contributed by atoms with E-state index in [4.69, 9.17) is 4.42 Å². The number of nitrogens with zero attached hydrogens (tertiary/aromatic N) is 1. The van der Waals surface area contributed by atoms with Crippen molar-refractivity contribution in [3.8, 4) is 22.3 Å². The highest BCUT2D eigenvalue weighted by atomic mass is 16.3. The first kappa shape index (κ1) is 39.4. The summed E-state index contributed by atoms with van der Waals surface area (Å²) in [6.07, 6.45) is 0.898. The Morgan fingerprint density at radius 1 is 0.493 bits per heavy atom. The third-order valence-corrected chi connectivity index (χ3v) is 15.3. The smallest absolute Gasteiger partial charge is 0.135 e. The molecule has 0 aliphatic heterocycles. The summed E-state index contributed by atoms with van der Waals surface area (Å²) < 4.78 is 8.86. The summed E-state index contributed by atoms with van der Waals surface area (Å²) in [5.74, 6) is 0.318. The molecular weight excluding hydrogens is 811 g/mol. The first-order valence-corrected chi connectivity index (χ1v) is 23.7. The molecule has 0 radical (unpaired) electrons. The Hall–Kier alpha value is -7.94. The Kier molecular flexibility index (Phi) is 9.02. The molecule has 67 heavy (non-hydrogen) atoms. The Balaban J connectivity index is 1.07. The first-order valence-electron chi connectivity index (χ1n) is 23.7. The van der Waals surface area contributed by atoms with Crippen molar-refractivity contribution in [2.45, 2.75) is 37.5 Å². The van der Waals surface area contributed by atoms with E-state index in [-0.39, 0.29) is 11.8 Å². The first-order chi connectivity index (χ1) is 33.0. The van der Waals surface area contributed by atoms with E-state index in [0.717, 1.165) is 17.6 Å². The second kappa shape index (κ2) is 15.3.